The number of thiophene rings is 1. The van der Waals surface area contributed by atoms with Crippen molar-refractivity contribution in [1.82, 2.24) is 9.80 Å². The van der Waals surface area contributed by atoms with Crippen LogP contribution in [0.25, 0.3) is 0 Å². The number of carbonyl (C=O) groups excluding carboxylic acids is 2. The average molecular weight is 773 g/mol. The smallest absolute Gasteiger partial charge is 0.335 e. The zero-order chi connectivity index (χ0) is 39.3. The number of carboxylic acids is 2. The number of aliphatic carboxylic acids is 1. The highest BCUT2D eigenvalue weighted by molar-refractivity contribution is 7.17. The number of nitrogens with one attached hydrogen (secondary N) is 2. The Morgan fingerprint density at radius 2 is 1.56 bits per heavy atom. The summed E-state index contributed by atoms with van der Waals surface area (Å²) in [6.45, 7) is 8.13. The molecule has 2 amide bonds. The molecular weight excluding hydrogens is 727 g/mol. The van der Waals surface area contributed by atoms with E-state index in [4.69, 9.17) is 10.2 Å². The monoisotopic (exact) mass is 772 g/mol. The SMILES string of the molecule is CC1(C)CN(CCCC(=O)O)CCN1Cc1cccc(C(=O)Nc2sc3c(c2C(=O)Nc2cc(F)c(CCc4ccc(C(=O)O)cc4)c(F)c2)CCCC3)c1. The summed E-state index contributed by atoms with van der Waals surface area (Å²) in [6, 6.07) is 15.7. The Balaban J connectivity index is 1.13. The molecule has 1 aromatic heterocycles. The molecule has 3 aromatic carbocycles. The van der Waals surface area contributed by atoms with E-state index in [0.29, 0.717) is 41.9 Å². The number of benzene rings is 3. The van der Waals surface area contributed by atoms with Crippen LogP contribution in [0.5, 0.6) is 0 Å². The molecule has 2 heterocycles. The topological polar surface area (TPSA) is 139 Å². The van der Waals surface area contributed by atoms with Gasteiger partial charge in [-0.1, -0.05) is 24.3 Å². The van der Waals surface area contributed by atoms with E-state index in [1.807, 2.05) is 18.2 Å². The molecule has 1 saturated heterocycles. The first-order valence-electron chi connectivity index (χ1n) is 18.6. The highest BCUT2D eigenvalue weighted by Gasteiger charge is 2.33. The fourth-order valence-corrected chi connectivity index (χ4v) is 8.80. The second kappa shape index (κ2) is 17.2. The van der Waals surface area contributed by atoms with Crippen molar-refractivity contribution in [1.29, 1.82) is 0 Å². The van der Waals surface area contributed by atoms with Gasteiger partial charge in [-0.2, -0.15) is 0 Å². The summed E-state index contributed by atoms with van der Waals surface area (Å²) >= 11 is 1.36. The van der Waals surface area contributed by atoms with Gasteiger partial charge in [-0.05, 0) is 118 Å². The number of hydrogen-bond donors (Lipinski definition) is 4. The minimum atomic E-state index is -1.06. The molecule has 290 valence electrons. The van der Waals surface area contributed by atoms with E-state index in [-0.39, 0.29) is 41.1 Å². The molecule has 10 nitrogen and oxygen atoms in total. The second-order valence-corrected chi connectivity index (χ2v) is 16.1. The minimum absolute atomic E-state index is 0.0400. The molecule has 2 aliphatic rings. The quantitative estimate of drug-likeness (QED) is 0.103. The predicted octanol–water partition coefficient (Wildman–Crippen LogP) is 7.65. The van der Waals surface area contributed by atoms with E-state index in [9.17, 15) is 19.2 Å². The van der Waals surface area contributed by atoms with Gasteiger partial charge >= 0.3 is 11.9 Å². The summed E-state index contributed by atoms with van der Waals surface area (Å²) in [5, 5.41) is 24.2. The van der Waals surface area contributed by atoms with Gasteiger partial charge in [-0.3, -0.25) is 19.3 Å². The highest BCUT2D eigenvalue weighted by Crippen LogP contribution is 2.39. The molecule has 4 aromatic rings. The number of aromatic carboxylic acids is 1. The largest absolute Gasteiger partial charge is 0.481 e. The summed E-state index contributed by atoms with van der Waals surface area (Å²) in [5.74, 6) is -4.37. The van der Waals surface area contributed by atoms with Crippen LogP contribution in [0, 0.1) is 11.6 Å². The van der Waals surface area contributed by atoms with Crippen LogP contribution in [0.1, 0.15) is 97.7 Å². The maximum Gasteiger partial charge on any atom is 0.335 e. The molecule has 0 unspecified atom stereocenters. The van der Waals surface area contributed by atoms with E-state index < -0.39 is 29.5 Å². The zero-order valence-corrected chi connectivity index (χ0v) is 31.9. The molecule has 1 aliphatic heterocycles. The molecule has 13 heteroatoms. The van der Waals surface area contributed by atoms with E-state index in [0.717, 1.165) is 79.1 Å². The third-order valence-electron chi connectivity index (χ3n) is 10.5. The van der Waals surface area contributed by atoms with Gasteiger partial charge in [0.25, 0.3) is 11.8 Å². The molecule has 6 rings (SSSR count). The van der Waals surface area contributed by atoms with Gasteiger partial charge in [0, 0.05) is 59.8 Å². The molecule has 1 aliphatic carbocycles. The van der Waals surface area contributed by atoms with Crippen molar-refractivity contribution in [2.24, 2.45) is 0 Å². The third kappa shape index (κ3) is 9.83. The fraction of sp³-hybridized carbons (Fsp3) is 0.381. The highest BCUT2D eigenvalue weighted by atomic mass is 32.1. The first-order chi connectivity index (χ1) is 26.3. The lowest BCUT2D eigenvalue weighted by atomic mass is 9.95. The lowest BCUT2D eigenvalue weighted by Gasteiger charge is -2.47. The summed E-state index contributed by atoms with van der Waals surface area (Å²) in [6.07, 6.45) is 4.35. The summed E-state index contributed by atoms with van der Waals surface area (Å²) in [7, 11) is 0. The number of amides is 2. The van der Waals surface area contributed by atoms with Gasteiger partial charge in [0.1, 0.15) is 16.6 Å². The average Bonchev–Trinajstić information content (AvgIpc) is 3.50. The normalized spacial score (nSPS) is 15.6. The third-order valence-corrected chi connectivity index (χ3v) is 11.7. The molecule has 55 heavy (non-hydrogen) atoms. The van der Waals surface area contributed by atoms with Crippen molar-refractivity contribution in [3.05, 3.63) is 116 Å². The van der Waals surface area contributed by atoms with Crippen LogP contribution in [-0.4, -0.2) is 75.5 Å². The van der Waals surface area contributed by atoms with Gasteiger partial charge in [0.15, 0.2) is 0 Å². The van der Waals surface area contributed by atoms with Crippen LogP contribution in [0.4, 0.5) is 19.5 Å². The van der Waals surface area contributed by atoms with Gasteiger partial charge in [0.2, 0.25) is 0 Å². The summed E-state index contributed by atoms with van der Waals surface area (Å²) in [5.41, 5.74) is 3.07. The minimum Gasteiger partial charge on any atom is -0.481 e. The number of aryl methyl sites for hydroxylation is 2. The maximum atomic E-state index is 15.3. The molecule has 0 atom stereocenters. The molecule has 4 N–H and O–H groups in total. The van der Waals surface area contributed by atoms with Gasteiger partial charge in [-0.25, -0.2) is 13.6 Å². The first-order valence-corrected chi connectivity index (χ1v) is 19.4. The Bertz CT molecular complexity index is 2060. The van der Waals surface area contributed by atoms with Crippen molar-refractivity contribution in [3.63, 3.8) is 0 Å². The number of fused-ring (bicyclic) bond motifs is 1. The van der Waals surface area contributed by atoms with Crippen LogP contribution in [0.2, 0.25) is 0 Å². The molecule has 0 bridgehead atoms. The predicted molar refractivity (Wildman–Crippen MR) is 208 cm³/mol. The number of halogens is 2. The van der Waals surface area contributed by atoms with Gasteiger partial charge in [0.05, 0.1) is 11.1 Å². The molecular formula is C42H46F2N4O6S. The van der Waals surface area contributed by atoms with Gasteiger partial charge in [-0.15, -0.1) is 11.3 Å². The van der Waals surface area contributed by atoms with Crippen LogP contribution in [0.15, 0.2) is 60.7 Å². The van der Waals surface area contributed by atoms with Crippen molar-refractivity contribution in [2.45, 2.75) is 77.3 Å². The lowest BCUT2D eigenvalue weighted by molar-refractivity contribution is -0.137. The maximum absolute atomic E-state index is 15.3. The second-order valence-electron chi connectivity index (χ2n) is 15.0. The van der Waals surface area contributed by atoms with E-state index in [1.165, 1.54) is 23.5 Å². The Kier molecular flexibility index (Phi) is 12.4. The lowest BCUT2D eigenvalue weighted by Crippen LogP contribution is -2.58. The first kappa shape index (κ1) is 39.7. The van der Waals surface area contributed by atoms with E-state index in [1.54, 1.807) is 18.2 Å². The molecule has 1 fully saturated rings. The molecule has 0 saturated carbocycles. The van der Waals surface area contributed by atoms with E-state index in [2.05, 4.69) is 34.3 Å². The van der Waals surface area contributed by atoms with Crippen molar-refractivity contribution < 1.29 is 38.2 Å². The number of carbonyl (C=O) groups is 4. The van der Waals surface area contributed by atoms with Crippen LogP contribution in [0.3, 0.4) is 0 Å². The van der Waals surface area contributed by atoms with Crippen LogP contribution in [-0.2, 0) is 37.0 Å². The number of hydrogen-bond acceptors (Lipinski definition) is 7. The number of piperazine rings is 1. The Labute approximate surface area is 323 Å². The number of rotatable bonds is 14. The molecule has 0 spiro atoms. The number of carboxylic acid groups (broad SMARTS) is 2. The Morgan fingerprint density at radius 3 is 2.25 bits per heavy atom. The van der Waals surface area contributed by atoms with Crippen LogP contribution < -0.4 is 10.6 Å². The Morgan fingerprint density at radius 1 is 0.836 bits per heavy atom. The van der Waals surface area contributed by atoms with Crippen molar-refractivity contribution in [3.8, 4) is 0 Å². The van der Waals surface area contributed by atoms with E-state index >= 15 is 8.78 Å². The van der Waals surface area contributed by atoms with Crippen molar-refractivity contribution in [2.75, 3.05) is 36.8 Å². The number of anilines is 2. The van der Waals surface area contributed by atoms with Crippen LogP contribution >= 0.6 is 11.3 Å². The summed E-state index contributed by atoms with van der Waals surface area (Å²) in [4.78, 5) is 55.3. The van der Waals surface area contributed by atoms with Gasteiger partial charge < -0.3 is 25.7 Å². The summed E-state index contributed by atoms with van der Waals surface area (Å²) < 4.78 is 30.5. The van der Waals surface area contributed by atoms with Crippen molar-refractivity contribution >= 4 is 45.8 Å². The fourth-order valence-electron chi connectivity index (χ4n) is 7.52. The Hall–Kier alpha value is -4.98. The zero-order valence-electron chi connectivity index (χ0n) is 31.1. The standard InChI is InChI=1S/C42H46F2N4O6S/c1-42(2)25-47(18-6-11-36(49)50)19-20-48(42)24-27-7-5-8-29(21-27)38(51)46-40-37(32-9-3-4-10-35(32)55-40)39(52)45-30-22-33(43)31(34(44)23-30)17-14-26-12-15-28(16-13-26)41(53)54/h5,7-8,12-13,15-16,21-23H,3-4,6,9-11,14,17-20,24-25H2,1-2H3,(H,45,52)(H,46,51)(H,49,50)(H,53,54). The molecule has 0 radical (unpaired) electrons. The number of nitrogens with zero attached hydrogens (tertiary/aromatic N) is 2.